The van der Waals surface area contributed by atoms with Crippen molar-refractivity contribution in [2.75, 3.05) is 36.4 Å². The summed E-state index contributed by atoms with van der Waals surface area (Å²) < 4.78 is 5.76. The smallest absolute Gasteiger partial charge is 0.273 e. The molecule has 2 aliphatic heterocycles. The Labute approximate surface area is 207 Å². The van der Waals surface area contributed by atoms with Gasteiger partial charge < -0.3 is 24.8 Å². The molecule has 0 aliphatic carbocycles. The molecule has 9 heteroatoms. The lowest BCUT2D eigenvalue weighted by atomic mass is 10.1. The predicted molar refractivity (Wildman–Crippen MR) is 136 cm³/mol. The molecule has 2 amide bonds. The number of carbonyl (C=O) groups is 2. The maximum Gasteiger partial charge on any atom is 0.273 e. The number of rotatable bonds is 7. The van der Waals surface area contributed by atoms with E-state index in [0.717, 1.165) is 16.9 Å². The second kappa shape index (κ2) is 10.1. The van der Waals surface area contributed by atoms with Crippen LogP contribution in [0.4, 0.5) is 11.8 Å². The summed E-state index contributed by atoms with van der Waals surface area (Å²) in [4.78, 5) is 40.2. The van der Waals surface area contributed by atoms with Gasteiger partial charge in [0, 0.05) is 50.7 Å². The van der Waals surface area contributed by atoms with Gasteiger partial charge in [0.05, 0.1) is 12.6 Å². The molecule has 4 rings (SSSR count). The number of nitrogens with one attached hydrogen (secondary N) is 1. The molecule has 188 valence electrons. The molecule has 0 saturated carbocycles. The zero-order valence-electron chi connectivity index (χ0n) is 21.5. The van der Waals surface area contributed by atoms with E-state index in [-0.39, 0.29) is 30.0 Å². The molecule has 1 saturated heterocycles. The van der Waals surface area contributed by atoms with Crippen molar-refractivity contribution in [3.05, 3.63) is 41.1 Å². The van der Waals surface area contributed by atoms with Crippen LogP contribution in [0.2, 0.25) is 0 Å². The number of fused-ring (bicyclic) bond motifs is 1. The van der Waals surface area contributed by atoms with Gasteiger partial charge in [0.1, 0.15) is 17.3 Å². The number of anilines is 2. The SMILES string of the molecule is CC(=O)N1CCN(c2nc(NC(C)c3ccc(OC(C)C)cc3)c3c(n2)C(=O)N(C(C)C)C3)CC1. The summed E-state index contributed by atoms with van der Waals surface area (Å²) >= 11 is 0. The first-order valence-corrected chi connectivity index (χ1v) is 12.4. The minimum Gasteiger partial charge on any atom is -0.491 e. The molecule has 0 spiro atoms. The van der Waals surface area contributed by atoms with E-state index in [1.807, 2.05) is 61.8 Å². The summed E-state index contributed by atoms with van der Waals surface area (Å²) in [5.74, 6) is 2.06. The van der Waals surface area contributed by atoms with Crippen LogP contribution in [0.1, 0.15) is 69.2 Å². The van der Waals surface area contributed by atoms with Crippen molar-refractivity contribution in [2.45, 2.75) is 66.3 Å². The molecule has 9 nitrogen and oxygen atoms in total. The van der Waals surface area contributed by atoms with Crippen molar-refractivity contribution >= 4 is 23.6 Å². The van der Waals surface area contributed by atoms with E-state index in [1.165, 1.54) is 0 Å². The average molecular weight is 481 g/mol. The Balaban J connectivity index is 1.61. The zero-order chi connectivity index (χ0) is 25.3. The molecule has 3 heterocycles. The first-order chi connectivity index (χ1) is 16.6. The van der Waals surface area contributed by atoms with Crippen molar-refractivity contribution in [1.82, 2.24) is 19.8 Å². The number of aromatic nitrogens is 2. The van der Waals surface area contributed by atoms with E-state index in [1.54, 1.807) is 6.92 Å². The molecular weight excluding hydrogens is 444 g/mol. The van der Waals surface area contributed by atoms with E-state index in [2.05, 4.69) is 17.1 Å². The molecule has 1 fully saturated rings. The van der Waals surface area contributed by atoms with Gasteiger partial charge in [0.25, 0.3) is 5.91 Å². The summed E-state index contributed by atoms with van der Waals surface area (Å²) in [6.45, 7) is 14.7. The second-order valence-corrected chi connectivity index (χ2v) is 9.82. The third-order valence-electron chi connectivity index (χ3n) is 6.52. The van der Waals surface area contributed by atoms with Crippen LogP contribution in [-0.4, -0.2) is 69.9 Å². The fourth-order valence-electron chi connectivity index (χ4n) is 4.47. The van der Waals surface area contributed by atoms with Gasteiger partial charge in [-0.05, 0) is 52.3 Å². The third-order valence-corrected chi connectivity index (χ3v) is 6.52. The predicted octanol–water partition coefficient (Wildman–Crippen LogP) is 3.47. The minimum absolute atomic E-state index is 0.0345. The molecule has 2 aliphatic rings. The van der Waals surface area contributed by atoms with Crippen molar-refractivity contribution in [3.63, 3.8) is 0 Å². The van der Waals surface area contributed by atoms with E-state index in [9.17, 15) is 9.59 Å². The van der Waals surface area contributed by atoms with Crippen molar-refractivity contribution in [2.24, 2.45) is 0 Å². The second-order valence-electron chi connectivity index (χ2n) is 9.82. The van der Waals surface area contributed by atoms with Crippen LogP contribution in [0.15, 0.2) is 24.3 Å². The lowest BCUT2D eigenvalue weighted by Crippen LogP contribution is -2.48. The van der Waals surface area contributed by atoms with Gasteiger partial charge in [-0.1, -0.05) is 12.1 Å². The van der Waals surface area contributed by atoms with Crippen LogP contribution in [0.3, 0.4) is 0 Å². The normalized spacial score (nSPS) is 16.7. The first kappa shape index (κ1) is 24.8. The summed E-state index contributed by atoms with van der Waals surface area (Å²) in [6.07, 6.45) is 0.122. The number of hydrogen-bond acceptors (Lipinski definition) is 7. The van der Waals surface area contributed by atoms with Crippen molar-refractivity contribution < 1.29 is 14.3 Å². The van der Waals surface area contributed by atoms with Gasteiger partial charge in [0.15, 0.2) is 0 Å². The molecule has 0 bridgehead atoms. The Morgan fingerprint density at radius 2 is 1.66 bits per heavy atom. The molecule has 2 aromatic rings. The Kier molecular flexibility index (Phi) is 7.14. The number of hydrogen-bond donors (Lipinski definition) is 1. The maximum absolute atomic E-state index is 13.2. The zero-order valence-corrected chi connectivity index (χ0v) is 21.5. The lowest BCUT2D eigenvalue weighted by molar-refractivity contribution is -0.129. The van der Waals surface area contributed by atoms with E-state index in [4.69, 9.17) is 14.7 Å². The van der Waals surface area contributed by atoms with Gasteiger partial charge in [-0.25, -0.2) is 4.98 Å². The summed E-state index contributed by atoms with van der Waals surface area (Å²) in [6, 6.07) is 8.07. The van der Waals surface area contributed by atoms with Gasteiger partial charge in [-0.2, -0.15) is 4.98 Å². The number of amides is 2. The monoisotopic (exact) mass is 480 g/mol. The Morgan fingerprint density at radius 3 is 2.23 bits per heavy atom. The van der Waals surface area contributed by atoms with Gasteiger partial charge in [-0.3, -0.25) is 9.59 Å². The standard InChI is InChI=1S/C26H36N6O3/c1-16(2)32-15-22-23(25(32)34)28-26(31-13-11-30(12-14-31)19(6)33)29-24(22)27-18(5)20-7-9-21(10-8-20)35-17(3)4/h7-10,16-18H,11-15H2,1-6H3,(H,27,28,29). The average Bonchev–Trinajstić information content (AvgIpc) is 3.16. The van der Waals surface area contributed by atoms with Gasteiger partial charge in [-0.15, -0.1) is 0 Å². The van der Waals surface area contributed by atoms with Crippen LogP contribution >= 0.6 is 0 Å². The largest absolute Gasteiger partial charge is 0.491 e. The molecule has 1 aromatic carbocycles. The number of carbonyl (C=O) groups excluding carboxylic acids is 2. The molecule has 35 heavy (non-hydrogen) atoms. The summed E-state index contributed by atoms with van der Waals surface area (Å²) in [5, 5.41) is 3.54. The number of benzene rings is 1. The highest BCUT2D eigenvalue weighted by molar-refractivity contribution is 5.98. The first-order valence-electron chi connectivity index (χ1n) is 12.4. The topological polar surface area (TPSA) is 90.9 Å². The number of nitrogens with zero attached hydrogens (tertiary/aromatic N) is 5. The number of ether oxygens (including phenoxy) is 1. The molecule has 1 N–H and O–H groups in total. The Hall–Kier alpha value is -3.36. The van der Waals surface area contributed by atoms with Gasteiger partial charge in [0.2, 0.25) is 11.9 Å². The quantitative estimate of drug-likeness (QED) is 0.649. The van der Waals surface area contributed by atoms with Crippen molar-refractivity contribution in [3.8, 4) is 5.75 Å². The molecule has 1 atom stereocenters. The molecule has 1 unspecified atom stereocenters. The highest BCUT2D eigenvalue weighted by Gasteiger charge is 2.35. The fourth-order valence-corrected chi connectivity index (χ4v) is 4.47. The Morgan fingerprint density at radius 1 is 1.00 bits per heavy atom. The third kappa shape index (κ3) is 5.33. The van der Waals surface area contributed by atoms with Crippen LogP contribution in [0, 0.1) is 0 Å². The van der Waals surface area contributed by atoms with Crippen molar-refractivity contribution in [1.29, 1.82) is 0 Å². The Bertz CT molecular complexity index is 1080. The lowest BCUT2D eigenvalue weighted by Gasteiger charge is -2.34. The molecule has 1 aromatic heterocycles. The highest BCUT2D eigenvalue weighted by Crippen LogP contribution is 2.32. The maximum atomic E-state index is 13.2. The fraction of sp³-hybridized carbons (Fsp3) is 0.538. The van der Waals surface area contributed by atoms with Gasteiger partial charge >= 0.3 is 0 Å². The summed E-state index contributed by atoms with van der Waals surface area (Å²) in [5.41, 5.74) is 2.39. The minimum atomic E-state index is -0.0630. The summed E-state index contributed by atoms with van der Waals surface area (Å²) in [7, 11) is 0. The van der Waals surface area contributed by atoms with Crippen LogP contribution in [0.5, 0.6) is 5.75 Å². The van der Waals surface area contributed by atoms with E-state index in [0.29, 0.717) is 50.2 Å². The van der Waals surface area contributed by atoms with Crippen LogP contribution in [-0.2, 0) is 11.3 Å². The number of piperazine rings is 1. The molecule has 0 radical (unpaired) electrons. The molecular formula is C26H36N6O3. The van der Waals surface area contributed by atoms with Crippen LogP contribution < -0.4 is 15.0 Å². The van der Waals surface area contributed by atoms with E-state index < -0.39 is 0 Å². The van der Waals surface area contributed by atoms with Crippen LogP contribution in [0.25, 0.3) is 0 Å². The van der Waals surface area contributed by atoms with E-state index >= 15 is 0 Å². The highest BCUT2D eigenvalue weighted by atomic mass is 16.5.